The number of nitrogens with zero attached hydrogens (tertiary/aromatic N) is 3. The average Bonchev–Trinajstić information content (AvgIpc) is 2.76. The SMILES string of the molecule is CCOC(=O)N1CCC(NC2=NCCN2C)CC1. The van der Waals surface area contributed by atoms with Crippen molar-refractivity contribution in [2.75, 3.05) is 39.8 Å². The zero-order valence-electron chi connectivity index (χ0n) is 11.2. The molecule has 1 fully saturated rings. The molecule has 18 heavy (non-hydrogen) atoms. The van der Waals surface area contributed by atoms with E-state index in [0.29, 0.717) is 12.6 Å². The van der Waals surface area contributed by atoms with Gasteiger partial charge in [0.25, 0.3) is 0 Å². The van der Waals surface area contributed by atoms with Crippen LogP contribution in [0.2, 0.25) is 0 Å². The highest BCUT2D eigenvalue weighted by Crippen LogP contribution is 2.12. The topological polar surface area (TPSA) is 57.2 Å². The third kappa shape index (κ3) is 3.05. The lowest BCUT2D eigenvalue weighted by atomic mass is 10.1. The Morgan fingerprint density at radius 1 is 1.44 bits per heavy atom. The van der Waals surface area contributed by atoms with Crippen LogP contribution in [-0.2, 0) is 4.74 Å². The fourth-order valence-electron chi connectivity index (χ4n) is 2.29. The molecule has 0 saturated carbocycles. The zero-order chi connectivity index (χ0) is 13.0. The molecule has 0 bridgehead atoms. The number of carbonyl (C=O) groups excluding carboxylic acids is 1. The van der Waals surface area contributed by atoms with Crippen molar-refractivity contribution < 1.29 is 9.53 Å². The molecule has 0 aliphatic carbocycles. The summed E-state index contributed by atoms with van der Waals surface area (Å²) in [5.74, 6) is 0.990. The van der Waals surface area contributed by atoms with E-state index in [1.807, 2.05) is 14.0 Å². The highest BCUT2D eigenvalue weighted by atomic mass is 16.6. The number of guanidine groups is 1. The van der Waals surface area contributed by atoms with Crippen molar-refractivity contribution in [2.24, 2.45) is 4.99 Å². The molecule has 6 nitrogen and oxygen atoms in total. The molecule has 0 aromatic carbocycles. The number of hydrogen-bond donors (Lipinski definition) is 1. The summed E-state index contributed by atoms with van der Waals surface area (Å²) in [5, 5.41) is 3.46. The van der Waals surface area contributed by atoms with Gasteiger partial charge in [-0.15, -0.1) is 0 Å². The van der Waals surface area contributed by atoms with Crippen molar-refractivity contribution in [2.45, 2.75) is 25.8 Å². The van der Waals surface area contributed by atoms with Crippen LogP contribution in [0.1, 0.15) is 19.8 Å². The van der Waals surface area contributed by atoms with Crippen molar-refractivity contribution in [3.05, 3.63) is 0 Å². The Kier molecular flexibility index (Phi) is 4.28. The normalized spacial score (nSPS) is 20.9. The minimum absolute atomic E-state index is 0.189. The van der Waals surface area contributed by atoms with Gasteiger partial charge in [0.15, 0.2) is 5.96 Å². The molecule has 2 rings (SSSR count). The van der Waals surface area contributed by atoms with E-state index in [2.05, 4.69) is 15.2 Å². The minimum atomic E-state index is -0.189. The van der Waals surface area contributed by atoms with Crippen molar-refractivity contribution >= 4 is 12.1 Å². The Balaban J connectivity index is 1.75. The zero-order valence-corrected chi connectivity index (χ0v) is 11.2. The number of carbonyl (C=O) groups is 1. The van der Waals surface area contributed by atoms with Crippen LogP contribution in [0.25, 0.3) is 0 Å². The van der Waals surface area contributed by atoms with Crippen molar-refractivity contribution in [3.8, 4) is 0 Å². The first kappa shape index (κ1) is 13.0. The molecule has 1 N–H and O–H groups in total. The van der Waals surface area contributed by atoms with E-state index in [-0.39, 0.29) is 6.09 Å². The van der Waals surface area contributed by atoms with Gasteiger partial charge in [0, 0.05) is 32.7 Å². The van der Waals surface area contributed by atoms with Gasteiger partial charge in [0.2, 0.25) is 0 Å². The van der Waals surface area contributed by atoms with E-state index in [1.54, 1.807) is 4.90 Å². The standard InChI is InChI=1S/C12H22N4O2/c1-3-18-12(17)16-7-4-10(5-8-16)14-11-13-6-9-15(11)2/h10H,3-9H2,1-2H3,(H,13,14). The number of ether oxygens (including phenoxy) is 1. The second-order valence-corrected chi connectivity index (χ2v) is 4.73. The maximum Gasteiger partial charge on any atom is 0.409 e. The van der Waals surface area contributed by atoms with Gasteiger partial charge in [0.05, 0.1) is 13.2 Å². The number of likely N-dealkylation sites (N-methyl/N-ethyl adjacent to an activating group) is 1. The second-order valence-electron chi connectivity index (χ2n) is 4.73. The first-order valence-electron chi connectivity index (χ1n) is 6.64. The smallest absolute Gasteiger partial charge is 0.409 e. The monoisotopic (exact) mass is 254 g/mol. The van der Waals surface area contributed by atoms with Gasteiger partial charge in [-0.25, -0.2) is 4.79 Å². The largest absolute Gasteiger partial charge is 0.450 e. The fraction of sp³-hybridized carbons (Fsp3) is 0.833. The Morgan fingerprint density at radius 3 is 2.72 bits per heavy atom. The Labute approximate surface area is 108 Å². The summed E-state index contributed by atoms with van der Waals surface area (Å²) < 4.78 is 5.00. The van der Waals surface area contributed by atoms with E-state index < -0.39 is 0 Å². The molecular formula is C12H22N4O2. The summed E-state index contributed by atoms with van der Waals surface area (Å²) in [4.78, 5) is 19.9. The average molecular weight is 254 g/mol. The van der Waals surface area contributed by atoms with Crippen LogP contribution >= 0.6 is 0 Å². The van der Waals surface area contributed by atoms with Gasteiger partial charge >= 0.3 is 6.09 Å². The fourth-order valence-corrected chi connectivity index (χ4v) is 2.29. The highest BCUT2D eigenvalue weighted by molar-refractivity contribution is 5.81. The Hall–Kier alpha value is -1.46. The molecule has 1 saturated heterocycles. The first-order valence-corrected chi connectivity index (χ1v) is 6.64. The lowest BCUT2D eigenvalue weighted by Gasteiger charge is -2.32. The molecule has 0 spiro atoms. The lowest BCUT2D eigenvalue weighted by molar-refractivity contribution is 0.0962. The highest BCUT2D eigenvalue weighted by Gasteiger charge is 2.25. The quantitative estimate of drug-likeness (QED) is 0.779. The van der Waals surface area contributed by atoms with Crippen LogP contribution in [0, 0.1) is 0 Å². The molecule has 0 unspecified atom stereocenters. The van der Waals surface area contributed by atoms with Crippen LogP contribution < -0.4 is 5.32 Å². The predicted octanol–water partition coefficient (Wildman–Crippen LogP) is 0.498. The van der Waals surface area contributed by atoms with Gasteiger partial charge in [-0.1, -0.05) is 0 Å². The summed E-state index contributed by atoms with van der Waals surface area (Å²) in [6.07, 6.45) is 1.71. The summed E-state index contributed by atoms with van der Waals surface area (Å²) in [6, 6.07) is 0.412. The maximum atomic E-state index is 11.6. The Bertz CT molecular complexity index is 324. The second kappa shape index (κ2) is 5.93. The van der Waals surface area contributed by atoms with E-state index >= 15 is 0 Å². The predicted molar refractivity (Wildman–Crippen MR) is 69.7 cm³/mol. The number of nitrogens with one attached hydrogen (secondary N) is 1. The molecule has 2 aliphatic rings. The van der Waals surface area contributed by atoms with Crippen LogP contribution in [0.5, 0.6) is 0 Å². The molecule has 1 amide bonds. The third-order valence-electron chi connectivity index (χ3n) is 3.41. The lowest BCUT2D eigenvalue weighted by Crippen LogP contribution is -2.49. The van der Waals surface area contributed by atoms with Crippen LogP contribution in [-0.4, -0.2) is 67.7 Å². The van der Waals surface area contributed by atoms with Gasteiger partial charge in [-0.3, -0.25) is 4.99 Å². The summed E-state index contributed by atoms with van der Waals surface area (Å²) >= 11 is 0. The van der Waals surface area contributed by atoms with E-state index in [9.17, 15) is 4.79 Å². The molecule has 0 aromatic heterocycles. The van der Waals surface area contributed by atoms with Gasteiger partial charge in [0.1, 0.15) is 0 Å². The Morgan fingerprint density at radius 2 is 2.17 bits per heavy atom. The number of hydrogen-bond acceptors (Lipinski definition) is 5. The summed E-state index contributed by atoms with van der Waals surface area (Å²) in [7, 11) is 2.05. The van der Waals surface area contributed by atoms with Gasteiger partial charge in [-0.2, -0.15) is 0 Å². The maximum absolute atomic E-state index is 11.6. The third-order valence-corrected chi connectivity index (χ3v) is 3.41. The van der Waals surface area contributed by atoms with Crippen molar-refractivity contribution in [1.82, 2.24) is 15.1 Å². The molecule has 0 radical (unpaired) electrons. The summed E-state index contributed by atoms with van der Waals surface area (Å²) in [5.41, 5.74) is 0. The molecule has 0 aromatic rings. The molecule has 2 heterocycles. The molecule has 0 atom stereocenters. The van der Waals surface area contributed by atoms with E-state index in [0.717, 1.165) is 45.0 Å². The van der Waals surface area contributed by atoms with Crippen molar-refractivity contribution in [1.29, 1.82) is 0 Å². The molecule has 102 valence electrons. The summed E-state index contributed by atoms with van der Waals surface area (Å²) in [6.45, 7) is 5.66. The molecule has 6 heteroatoms. The van der Waals surface area contributed by atoms with E-state index in [4.69, 9.17) is 4.74 Å². The first-order chi connectivity index (χ1) is 8.70. The van der Waals surface area contributed by atoms with Crippen molar-refractivity contribution in [3.63, 3.8) is 0 Å². The minimum Gasteiger partial charge on any atom is -0.450 e. The van der Waals surface area contributed by atoms with Gasteiger partial charge in [-0.05, 0) is 19.8 Å². The van der Waals surface area contributed by atoms with E-state index in [1.165, 1.54) is 0 Å². The number of piperidine rings is 1. The molecular weight excluding hydrogens is 232 g/mol. The van der Waals surface area contributed by atoms with Gasteiger partial charge < -0.3 is 19.9 Å². The van der Waals surface area contributed by atoms with Crippen LogP contribution in [0.15, 0.2) is 4.99 Å². The molecule has 2 aliphatic heterocycles. The van der Waals surface area contributed by atoms with Crippen LogP contribution in [0.4, 0.5) is 4.79 Å². The number of amides is 1. The number of rotatable bonds is 2. The van der Waals surface area contributed by atoms with Crippen LogP contribution in [0.3, 0.4) is 0 Å². The number of likely N-dealkylation sites (tertiary alicyclic amines) is 1. The number of aliphatic imine (C=N–C) groups is 1.